The SMILES string of the molecule is C#CC(C)Cc1ccc(OC)cc1Cl. The molecule has 1 nitrogen and oxygen atoms in total. The van der Waals surface area contributed by atoms with E-state index in [0.717, 1.165) is 17.7 Å². The molecule has 0 aliphatic carbocycles. The lowest BCUT2D eigenvalue weighted by molar-refractivity contribution is 0.414. The van der Waals surface area contributed by atoms with Crippen molar-refractivity contribution < 1.29 is 4.74 Å². The van der Waals surface area contributed by atoms with Crippen LogP contribution in [0.15, 0.2) is 18.2 Å². The summed E-state index contributed by atoms with van der Waals surface area (Å²) in [5.41, 5.74) is 1.07. The number of halogens is 1. The summed E-state index contributed by atoms with van der Waals surface area (Å²) in [5.74, 6) is 3.66. The highest BCUT2D eigenvalue weighted by Gasteiger charge is 2.05. The predicted octanol–water partition coefficient (Wildman–Crippen LogP) is 3.16. The number of methoxy groups -OCH3 is 1. The molecule has 1 aromatic carbocycles. The third-order valence-electron chi connectivity index (χ3n) is 2.07. The average molecular weight is 209 g/mol. The van der Waals surface area contributed by atoms with Gasteiger partial charge >= 0.3 is 0 Å². The van der Waals surface area contributed by atoms with Gasteiger partial charge in [0, 0.05) is 10.9 Å². The second-order valence-electron chi connectivity index (χ2n) is 3.23. The first kappa shape index (κ1) is 10.9. The van der Waals surface area contributed by atoms with E-state index in [-0.39, 0.29) is 5.92 Å². The van der Waals surface area contributed by atoms with E-state index >= 15 is 0 Å². The largest absolute Gasteiger partial charge is 0.497 e. The van der Waals surface area contributed by atoms with Crippen LogP contribution in [0.2, 0.25) is 5.02 Å². The molecule has 0 saturated heterocycles. The molecule has 1 rings (SSSR count). The van der Waals surface area contributed by atoms with Crippen molar-refractivity contribution in [3.8, 4) is 18.1 Å². The lowest BCUT2D eigenvalue weighted by atomic mass is 10.0. The van der Waals surface area contributed by atoms with Crippen LogP contribution < -0.4 is 4.74 Å². The lowest BCUT2D eigenvalue weighted by Gasteiger charge is -2.08. The van der Waals surface area contributed by atoms with Gasteiger partial charge in [0.2, 0.25) is 0 Å². The summed E-state index contributed by atoms with van der Waals surface area (Å²) in [6.07, 6.45) is 6.11. The Kier molecular flexibility index (Phi) is 3.85. The molecule has 74 valence electrons. The van der Waals surface area contributed by atoms with Crippen molar-refractivity contribution in [3.63, 3.8) is 0 Å². The van der Waals surface area contributed by atoms with Crippen LogP contribution in [-0.2, 0) is 6.42 Å². The van der Waals surface area contributed by atoms with Gasteiger partial charge in [0.15, 0.2) is 0 Å². The Morgan fingerprint density at radius 2 is 2.29 bits per heavy atom. The summed E-state index contributed by atoms with van der Waals surface area (Å²) in [5, 5.41) is 0.714. The van der Waals surface area contributed by atoms with Crippen LogP contribution in [0, 0.1) is 18.3 Å². The highest BCUT2D eigenvalue weighted by molar-refractivity contribution is 6.31. The average Bonchev–Trinajstić information content (AvgIpc) is 2.20. The fourth-order valence-electron chi connectivity index (χ4n) is 1.21. The summed E-state index contributed by atoms with van der Waals surface area (Å²) in [6, 6.07) is 5.65. The summed E-state index contributed by atoms with van der Waals surface area (Å²) < 4.78 is 5.06. The summed E-state index contributed by atoms with van der Waals surface area (Å²) >= 11 is 6.06. The monoisotopic (exact) mass is 208 g/mol. The molecular formula is C12H13ClO. The van der Waals surface area contributed by atoms with Gasteiger partial charge < -0.3 is 4.74 Å². The molecule has 1 unspecified atom stereocenters. The van der Waals surface area contributed by atoms with Gasteiger partial charge in [-0.15, -0.1) is 12.3 Å². The number of rotatable bonds is 3. The van der Waals surface area contributed by atoms with Crippen molar-refractivity contribution in [2.45, 2.75) is 13.3 Å². The first-order valence-electron chi connectivity index (χ1n) is 4.46. The van der Waals surface area contributed by atoms with E-state index in [2.05, 4.69) is 5.92 Å². The molecular weight excluding hydrogens is 196 g/mol. The summed E-state index contributed by atoms with van der Waals surface area (Å²) in [4.78, 5) is 0. The van der Waals surface area contributed by atoms with Gasteiger partial charge in [-0.1, -0.05) is 24.6 Å². The maximum absolute atomic E-state index is 6.06. The molecule has 0 amide bonds. The van der Waals surface area contributed by atoms with Crippen molar-refractivity contribution in [2.24, 2.45) is 5.92 Å². The molecule has 0 aliphatic rings. The lowest BCUT2D eigenvalue weighted by Crippen LogP contribution is -1.97. The number of terminal acetylenes is 1. The maximum Gasteiger partial charge on any atom is 0.120 e. The molecule has 0 aliphatic heterocycles. The van der Waals surface area contributed by atoms with Crippen molar-refractivity contribution in [3.05, 3.63) is 28.8 Å². The van der Waals surface area contributed by atoms with E-state index in [1.807, 2.05) is 19.1 Å². The van der Waals surface area contributed by atoms with E-state index in [1.54, 1.807) is 13.2 Å². The molecule has 0 bridgehead atoms. The van der Waals surface area contributed by atoms with E-state index in [4.69, 9.17) is 22.8 Å². The van der Waals surface area contributed by atoms with Gasteiger partial charge in [0.1, 0.15) is 5.75 Å². The predicted molar refractivity (Wildman–Crippen MR) is 59.7 cm³/mol. The smallest absolute Gasteiger partial charge is 0.120 e. The van der Waals surface area contributed by atoms with E-state index < -0.39 is 0 Å². The van der Waals surface area contributed by atoms with Crippen LogP contribution in [0.25, 0.3) is 0 Å². The van der Waals surface area contributed by atoms with E-state index in [9.17, 15) is 0 Å². The first-order valence-corrected chi connectivity index (χ1v) is 4.83. The van der Waals surface area contributed by atoms with Crippen molar-refractivity contribution in [1.82, 2.24) is 0 Å². The van der Waals surface area contributed by atoms with Crippen LogP contribution in [0.5, 0.6) is 5.75 Å². The Bertz CT molecular complexity index is 352. The normalized spacial score (nSPS) is 11.9. The minimum absolute atomic E-state index is 0.209. The molecule has 14 heavy (non-hydrogen) atoms. The molecule has 1 aromatic rings. The molecule has 2 heteroatoms. The van der Waals surface area contributed by atoms with Crippen molar-refractivity contribution >= 4 is 11.6 Å². The van der Waals surface area contributed by atoms with Crippen molar-refractivity contribution in [2.75, 3.05) is 7.11 Å². The van der Waals surface area contributed by atoms with E-state index in [1.165, 1.54) is 0 Å². The Morgan fingerprint density at radius 3 is 2.79 bits per heavy atom. The number of ether oxygens (including phenoxy) is 1. The van der Waals surface area contributed by atoms with Gasteiger partial charge in [-0.05, 0) is 24.1 Å². The third kappa shape index (κ3) is 2.68. The summed E-state index contributed by atoms with van der Waals surface area (Å²) in [6.45, 7) is 2.00. The minimum Gasteiger partial charge on any atom is -0.497 e. The number of hydrogen-bond donors (Lipinski definition) is 0. The molecule has 0 spiro atoms. The second kappa shape index (κ2) is 4.93. The van der Waals surface area contributed by atoms with Gasteiger partial charge in [-0.2, -0.15) is 0 Å². The maximum atomic E-state index is 6.06. The van der Waals surface area contributed by atoms with Gasteiger partial charge in [0.05, 0.1) is 7.11 Å². The van der Waals surface area contributed by atoms with Crippen molar-refractivity contribution in [1.29, 1.82) is 0 Å². The zero-order chi connectivity index (χ0) is 10.6. The topological polar surface area (TPSA) is 9.23 Å². The molecule has 0 aromatic heterocycles. The van der Waals surface area contributed by atoms with Gasteiger partial charge in [0.25, 0.3) is 0 Å². The highest BCUT2D eigenvalue weighted by Crippen LogP contribution is 2.24. The first-order chi connectivity index (χ1) is 6.67. The van der Waals surface area contributed by atoms with Crippen LogP contribution in [0.1, 0.15) is 12.5 Å². The van der Waals surface area contributed by atoms with Crippen LogP contribution in [-0.4, -0.2) is 7.11 Å². The minimum atomic E-state index is 0.209. The fourth-order valence-corrected chi connectivity index (χ4v) is 1.46. The third-order valence-corrected chi connectivity index (χ3v) is 2.42. The van der Waals surface area contributed by atoms with Gasteiger partial charge in [-0.3, -0.25) is 0 Å². The molecule has 0 saturated carbocycles. The molecule has 0 heterocycles. The van der Waals surface area contributed by atoms with Crippen LogP contribution in [0.3, 0.4) is 0 Å². The number of hydrogen-bond acceptors (Lipinski definition) is 1. The zero-order valence-electron chi connectivity index (χ0n) is 8.38. The van der Waals surface area contributed by atoms with Gasteiger partial charge in [-0.25, -0.2) is 0 Å². The zero-order valence-corrected chi connectivity index (χ0v) is 9.14. The Balaban J connectivity index is 2.85. The second-order valence-corrected chi connectivity index (χ2v) is 3.64. The summed E-state index contributed by atoms with van der Waals surface area (Å²) in [7, 11) is 1.62. The Hall–Kier alpha value is -1.13. The Morgan fingerprint density at radius 1 is 1.57 bits per heavy atom. The molecule has 1 atom stereocenters. The number of benzene rings is 1. The molecule has 0 fully saturated rings. The van der Waals surface area contributed by atoms with E-state index in [0.29, 0.717) is 5.02 Å². The molecule has 0 radical (unpaired) electrons. The quantitative estimate of drug-likeness (QED) is 0.694. The Labute approximate surface area is 90.0 Å². The van der Waals surface area contributed by atoms with Crippen LogP contribution >= 0.6 is 11.6 Å². The standard InChI is InChI=1S/C12H13ClO/c1-4-9(2)7-10-5-6-11(14-3)8-12(10)13/h1,5-6,8-9H,7H2,2-3H3. The fraction of sp³-hybridized carbons (Fsp3) is 0.333. The highest BCUT2D eigenvalue weighted by atomic mass is 35.5. The van der Waals surface area contributed by atoms with Crippen LogP contribution in [0.4, 0.5) is 0 Å². The molecule has 0 N–H and O–H groups in total.